The summed E-state index contributed by atoms with van der Waals surface area (Å²) < 4.78 is 5.36. The molecule has 2 aliphatic rings. The van der Waals surface area contributed by atoms with Gasteiger partial charge in [0.1, 0.15) is 12.0 Å². The predicted octanol–water partition coefficient (Wildman–Crippen LogP) is 0.793. The van der Waals surface area contributed by atoms with Crippen LogP contribution in [0.5, 0.6) is 0 Å². The fourth-order valence-corrected chi connectivity index (χ4v) is 3.04. The van der Waals surface area contributed by atoms with E-state index in [1.165, 1.54) is 19.3 Å². The van der Waals surface area contributed by atoms with Gasteiger partial charge in [0, 0.05) is 39.3 Å². The number of rotatable bonds is 5. The highest BCUT2D eigenvalue weighted by atomic mass is 16.5. The molecule has 2 saturated heterocycles. The van der Waals surface area contributed by atoms with Crippen LogP contribution in [0.4, 0.5) is 17.3 Å². The molecule has 3 heterocycles. The van der Waals surface area contributed by atoms with Gasteiger partial charge in [-0.05, 0) is 19.3 Å². The van der Waals surface area contributed by atoms with Gasteiger partial charge in [0.2, 0.25) is 0 Å². The Balaban J connectivity index is 1.56. The van der Waals surface area contributed by atoms with Crippen LogP contribution in [0.3, 0.4) is 0 Å². The van der Waals surface area contributed by atoms with Crippen LogP contribution in [0.2, 0.25) is 0 Å². The van der Waals surface area contributed by atoms with Crippen LogP contribution < -0.4 is 16.0 Å². The molecule has 7 nitrogen and oxygen atoms in total. The Hall–Kier alpha value is -1.60. The number of piperidine rings is 1. The number of anilines is 3. The lowest BCUT2D eigenvalue weighted by molar-refractivity contribution is 0.0398. The fraction of sp³-hybridized carbons (Fsp3) is 0.733. The van der Waals surface area contributed by atoms with Crippen molar-refractivity contribution in [3.63, 3.8) is 0 Å². The zero-order chi connectivity index (χ0) is 15.2. The van der Waals surface area contributed by atoms with E-state index in [4.69, 9.17) is 10.5 Å². The lowest BCUT2D eigenvalue weighted by atomic mass is 10.1. The van der Waals surface area contributed by atoms with Gasteiger partial charge in [-0.1, -0.05) is 0 Å². The van der Waals surface area contributed by atoms with E-state index >= 15 is 0 Å². The molecule has 2 fully saturated rings. The van der Waals surface area contributed by atoms with E-state index in [1.54, 1.807) is 6.33 Å². The first-order valence-electron chi connectivity index (χ1n) is 8.24. The largest absolute Gasteiger partial charge is 0.393 e. The first kappa shape index (κ1) is 15.3. The average Bonchev–Trinajstić information content (AvgIpc) is 2.58. The molecular formula is C15H26N6O. The second-order valence-electron chi connectivity index (χ2n) is 5.89. The quantitative estimate of drug-likeness (QED) is 0.832. The van der Waals surface area contributed by atoms with Crippen molar-refractivity contribution in [1.82, 2.24) is 14.9 Å². The highest BCUT2D eigenvalue weighted by Gasteiger charge is 2.17. The zero-order valence-electron chi connectivity index (χ0n) is 13.1. The van der Waals surface area contributed by atoms with Crippen molar-refractivity contribution in [3.05, 3.63) is 6.33 Å². The summed E-state index contributed by atoms with van der Waals surface area (Å²) >= 11 is 0. The van der Waals surface area contributed by atoms with Crippen molar-refractivity contribution in [3.8, 4) is 0 Å². The predicted molar refractivity (Wildman–Crippen MR) is 88.3 cm³/mol. The lowest BCUT2D eigenvalue weighted by Crippen LogP contribution is -2.39. The van der Waals surface area contributed by atoms with Crippen molar-refractivity contribution < 1.29 is 4.74 Å². The normalized spacial score (nSPS) is 20.1. The molecule has 3 N–H and O–H groups in total. The molecule has 22 heavy (non-hydrogen) atoms. The number of hydrogen-bond acceptors (Lipinski definition) is 7. The molecule has 3 rings (SSSR count). The molecule has 7 heteroatoms. The third kappa shape index (κ3) is 3.78. The molecule has 1 aromatic heterocycles. The minimum atomic E-state index is 0.673. The summed E-state index contributed by atoms with van der Waals surface area (Å²) in [7, 11) is 0. The maximum Gasteiger partial charge on any atom is 0.157 e. The zero-order valence-corrected chi connectivity index (χ0v) is 13.1. The summed E-state index contributed by atoms with van der Waals surface area (Å²) in [6.07, 6.45) is 5.33. The number of nitrogens with one attached hydrogen (secondary N) is 1. The highest BCUT2D eigenvalue weighted by molar-refractivity contribution is 5.74. The second kappa shape index (κ2) is 7.60. The number of nitrogen functional groups attached to an aromatic ring is 1. The van der Waals surface area contributed by atoms with Gasteiger partial charge >= 0.3 is 0 Å². The third-order valence-corrected chi connectivity index (χ3v) is 4.34. The van der Waals surface area contributed by atoms with Gasteiger partial charge < -0.3 is 20.7 Å². The first-order valence-corrected chi connectivity index (χ1v) is 8.24. The topological polar surface area (TPSA) is 79.5 Å². The number of ether oxygens (including phenoxy) is 1. The van der Waals surface area contributed by atoms with Gasteiger partial charge in [0.25, 0.3) is 0 Å². The standard InChI is InChI=1S/C15H26N6O/c16-13-14(17-4-7-20-8-10-22-11-9-20)18-12-19-15(13)21-5-2-1-3-6-21/h12H,1-11,16H2,(H,17,18,19). The summed E-state index contributed by atoms with van der Waals surface area (Å²) in [6, 6.07) is 0. The van der Waals surface area contributed by atoms with Crippen LogP contribution in [-0.4, -0.2) is 67.4 Å². The summed E-state index contributed by atoms with van der Waals surface area (Å²) in [5, 5.41) is 3.35. The molecule has 0 saturated carbocycles. The molecule has 0 bridgehead atoms. The number of aromatic nitrogens is 2. The summed E-state index contributed by atoms with van der Waals surface area (Å²) in [6.45, 7) is 7.54. The number of hydrogen-bond donors (Lipinski definition) is 2. The Morgan fingerprint density at radius 3 is 2.64 bits per heavy atom. The van der Waals surface area contributed by atoms with E-state index in [0.29, 0.717) is 5.69 Å². The van der Waals surface area contributed by atoms with Crippen LogP contribution in [-0.2, 0) is 4.74 Å². The second-order valence-corrected chi connectivity index (χ2v) is 5.89. The van der Waals surface area contributed by atoms with Gasteiger partial charge in [0.05, 0.1) is 13.2 Å². The summed E-state index contributed by atoms with van der Waals surface area (Å²) in [5.41, 5.74) is 6.94. The van der Waals surface area contributed by atoms with E-state index in [0.717, 1.165) is 64.1 Å². The Morgan fingerprint density at radius 1 is 1.09 bits per heavy atom. The maximum absolute atomic E-state index is 6.27. The molecule has 0 radical (unpaired) electrons. The number of nitrogens with zero attached hydrogens (tertiary/aromatic N) is 4. The van der Waals surface area contributed by atoms with Crippen LogP contribution >= 0.6 is 0 Å². The Morgan fingerprint density at radius 2 is 1.86 bits per heavy atom. The molecule has 0 spiro atoms. The molecule has 122 valence electrons. The summed E-state index contributed by atoms with van der Waals surface area (Å²) in [5.74, 6) is 1.63. The summed E-state index contributed by atoms with van der Waals surface area (Å²) in [4.78, 5) is 13.3. The van der Waals surface area contributed by atoms with Gasteiger partial charge in [0.15, 0.2) is 11.6 Å². The van der Waals surface area contributed by atoms with Gasteiger partial charge in [-0.25, -0.2) is 9.97 Å². The van der Waals surface area contributed by atoms with Gasteiger partial charge in [-0.2, -0.15) is 0 Å². The van der Waals surface area contributed by atoms with Crippen molar-refractivity contribution in [2.45, 2.75) is 19.3 Å². The Kier molecular flexibility index (Phi) is 5.29. The van der Waals surface area contributed by atoms with Crippen LogP contribution in [0.25, 0.3) is 0 Å². The minimum absolute atomic E-state index is 0.673. The minimum Gasteiger partial charge on any atom is -0.393 e. The maximum atomic E-state index is 6.27. The first-order chi connectivity index (χ1) is 10.8. The molecule has 0 aliphatic carbocycles. The van der Waals surface area contributed by atoms with Crippen LogP contribution in [0.1, 0.15) is 19.3 Å². The van der Waals surface area contributed by atoms with Crippen molar-refractivity contribution in [2.24, 2.45) is 0 Å². The molecule has 0 atom stereocenters. The Labute approximate surface area is 131 Å². The monoisotopic (exact) mass is 306 g/mol. The number of morpholine rings is 1. The Bertz CT molecular complexity index is 471. The van der Waals surface area contributed by atoms with E-state index < -0.39 is 0 Å². The van der Waals surface area contributed by atoms with Gasteiger partial charge in [-0.3, -0.25) is 4.90 Å². The van der Waals surface area contributed by atoms with Crippen molar-refractivity contribution in [2.75, 3.05) is 68.4 Å². The molecule has 0 amide bonds. The third-order valence-electron chi connectivity index (χ3n) is 4.34. The molecule has 0 aromatic carbocycles. The van der Waals surface area contributed by atoms with E-state index in [1.807, 2.05) is 0 Å². The van der Waals surface area contributed by atoms with E-state index in [2.05, 4.69) is 25.1 Å². The smallest absolute Gasteiger partial charge is 0.157 e. The van der Waals surface area contributed by atoms with Crippen LogP contribution in [0.15, 0.2) is 6.33 Å². The molecule has 1 aromatic rings. The van der Waals surface area contributed by atoms with Gasteiger partial charge in [-0.15, -0.1) is 0 Å². The molecule has 2 aliphatic heterocycles. The number of nitrogens with two attached hydrogens (primary N) is 1. The van der Waals surface area contributed by atoms with Crippen molar-refractivity contribution >= 4 is 17.3 Å². The molecular weight excluding hydrogens is 280 g/mol. The fourth-order valence-electron chi connectivity index (χ4n) is 3.04. The lowest BCUT2D eigenvalue weighted by Gasteiger charge is -2.29. The van der Waals surface area contributed by atoms with E-state index in [-0.39, 0.29) is 0 Å². The van der Waals surface area contributed by atoms with Crippen LogP contribution in [0, 0.1) is 0 Å². The average molecular weight is 306 g/mol. The highest BCUT2D eigenvalue weighted by Crippen LogP contribution is 2.28. The molecule has 0 unspecified atom stereocenters. The SMILES string of the molecule is Nc1c(NCCN2CCOCC2)ncnc1N1CCCCC1. The van der Waals surface area contributed by atoms with Crippen molar-refractivity contribution in [1.29, 1.82) is 0 Å². The van der Waals surface area contributed by atoms with E-state index in [9.17, 15) is 0 Å².